The summed E-state index contributed by atoms with van der Waals surface area (Å²) in [6, 6.07) is 15.1. The molecule has 0 radical (unpaired) electrons. The van der Waals surface area contributed by atoms with Crippen LogP contribution in [0.2, 0.25) is 0 Å². The van der Waals surface area contributed by atoms with Crippen molar-refractivity contribution >= 4 is 11.8 Å². The Labute approximate surface area is 110 Å². The number of benzene rings is 2. The summed E-state index contributed by atoms with van der Waals surface area (Å²) in [6.45, 7) is -0.0733. The van der Waals surface area contributed by atoms with E-state index in [1.54, 1.807) is 42.5 Å². The van der Waals surface area contributed by atoms with Crippen LogP contribution in [0.4, 0.5) is 0 Å². The highest BCUT2D eigenvalue weighted by molar-refractivity contribution is 5.98. The van der Waals surface area contributed by atoms with Crippen molar-refractivity contribution in [1.82, 2.24) is 0 Å². The fourth-order valence-electron chi connectivity index (χ4n) is 1.59. The summed E-state index contributed by atoms with van der Waals surface area (Å²) in [5.74, 6) is -0.330. The maximum atomic E-state index is 11.8. The molecule has 0 aliphatic heterocycles. The second-order valence-corrected chi connectivity index (χ2v) is 3.91. The molecule has 0 fully saturated rings. The number of hydrogen-bond donors (Lipinski definition) is 1. The largest absolute Gasteiger partial charge is 0.423 e. The molecule has 2 aromatic carbocycles. The summed E-state index contributed by atoms with van der Waals surface area (Å²) in [4.78, 5) is 23.3. The number of carbonyl (C=O) groups excluding carboxylic acids is 2. The second kappa shape index (κ2) is 5.93. The first kappa shape index (κ1) is 13.0. The molecular weight excluding hydrogens is 242 g/mol. The molecule has 0 unspecified atom stereocenters. The maximum Gasteiger partial charge on any atom is 0.343 e. The Hall–Kier alpha value is -2.46. The lowest BCUT2D eigenvalue weighted by atomic mass is 10.1. The average molecular weight is 255 g/mol. The van der Waals surface area contributed by atoms with Crippen LogP contribution in [0.5, 0.6) is 5.75 Å². The van der Waals surface area contributed by atoms with Gasteiger partial charge in [-0.05, 0) is 24.3 Å². The van der Waals surface area contributed by atoms with Crippen LogP contribution in [0.1, 0.15) is 20.7 Å². The van der Waals surface area contributed by atoms with E-state index in [1.807, 2.05) is 6.07 Å². The number of carbonyl (C=O) groups is 2. The highest BCUT2D eigenvalue weighted by atomic mass is 16.5. The normalized spacial score (nSPS) is 9.95. The van der Waals surface area contributed by atoms with E-state index in [1.165, 1.54) is 6.07 Å². The van der Waals surface area contributed by atoms with Gasteiger partial charge in [0.25, 0.3) is 0 Å². The molecule has 0 heterocycles. The minimum absolute atomic E-state index is 0.0733. The molecule has 0 atom stereocenters. The van der Waals surface area contributed by atoms with Crippen LogP contribution in [0.25, 0.3) is 0 Å². The monoisotopic (exact) mass is 255 g/mol. The standard InChI is InChI=1S/C15H13NO3/c16-10-14(17)12-7-4-8-13(9-12)19-15(18)11-5-2-1-3-6-11/h1-9H,10,16H2. The van der Waals surface area contributed by atoms with Crippen LogP contribution >= 0.6 is 0 Å². The lowest BCUT2D eigenvalue weighted by Gasteiger charge is -2.05. The van der Waals surface area contributed by atoms with Gasteiger partial charge < -0.3 is 10.5 Å². The number of ether oxygens (including phenoxy) is 1. The van der Waals surface area contributed by atoms with Crippen molar-refractivity contribution in [3.63, 3.8) is 0 Å². The van der Waals surface area contributed by atoms with Gasteiger partial charge in [0.1, 0.15) is 5.75 Å². The van der Waals surface area contributed by atoms with E-state index in [0.717, 1.165) is 0 Å². The Morgan fingerprint density at radius 2 is 1.63 bits per heavy atom. The van der Waals surface area contributed by atoms with Gasteiger partial charge in [-0.3, -0.25) is 4.79 Å². The summed E-state index contributed by atoms with van der Waals surface area (Å²) in [5.41, 5.74) is 6.18. The summed E-state index contributed by atoms with van der Waals surface area (Å²) in [5, 5.41) is 0. The van der Waals surface area contributed by atoms with Crippen molar-refractivity contribution in [3.8, 4) is 5.75 Å². The number of rotatable bonds is 4. The molecule has 0 amide bonds. The highest BCUT2D eigenvalue weighted by Gasteiger charge is 2.09. The molecule has 0 spiro atoms. The minimum Gasteiger partial charge on any atom is -0.423 e. The van der Waals surface area contributed by atoms with Gasteiger partial charge in [0.05, 0.1) is 12.1 Å². The summed E-state index contributed by atoms with van der Waals surface area (Å²) in [6.07, 6.45) is 0. The predicted molar refractivity (Wildman–Crippen MR) is 71.2 cm³/mol. The number of Topliss-reactive ketones (excluding diaryl/α,β-unsaturated/α-hetero) is 1. The predicted octanol–water partition coefficient (Wildman–Crippen LogP) is 2.05. The fraction of sp³-hybridized carbons (Fsp3) is 0.0667. The second-order valence-electron chi connectivity index (χ2n) is 3.91. The van der Waals surface area contributed by atoms with Gasteiger partial charge in [0.2, 0.25) is 0 Å². The third-order valence-corrected chi connectivity index (χ3v) is 2.56. The summed E-state index contributed by atoms with van der Waals surface area (Å²) < 4.78 is 5.20. The molecule has 0 saturated heterocycles. The lowest BCUT2D eigenvalue weighted by molar-refractivity contribution is 0.0733. The summed E-state index contributed by atoms with van der Waals surface area (Å²) >= 11 is 0. The molecule has 19 heavy (non-hydrogen) atoms. The van der Waals surface area contributed by atoms with Crippen LogP contribution < -0.4 is 10.5 Å². The zero-order valence-corrected chi connectivity index (χ0v) is 10.2. The van der Waals surface area contributed by atoms with Gasteiger partial charge in [-0.25, -0.2) is 4.79 Å². The first-order chi connectivity index (χ1) is 9.20. The third kappa shape index (κ3) is 3.26. The molecule has 2 N–H and O–H groups in total. The Morgan fingerprint density at radius 3 is 2.32 bits per heavy atom. The molecule has 0 bridgehead atoms. The molecule has 2 aromatic rings. The lowest BCUT2D eigenvalue weighted by Crippen LogP contribution is -2.14. The van der Waals surface area contributed by atoms with Gasteiger partial charge in [-0.15, -0.1) is 0 Å². The van der Waals surface area contributed by atoms with Crippen LogP contribution in [-0.4, -0.2) is 18.3 Å². The first-order valence-corrected chi connectivity index (χ1v) is 5.81. The van der Waals surface area contributed by atoms with Crippen molar-refractivity contribution < 1.29 is 14.3 Å². The average Bonchev–Trinajstić information content (AvgIpc) is 2.47. The van der Waals surface area contributed by atoms with Gasteiger partial charge in [0.15, 0.2) is 5.78 Å². The Bertz CT molecular complexity index is 593. The number of esters is 1. The SMILES string of the molecule is NCC(=O)c1cccc(OC(=O)c2ccccc2)c1. The van der Waals surface area contributed by atoms with E-state index in [9.17, 15) is 9.59 Å². The van der Waals surface area contributed by atoms with Crippen molar-refractivity contribution in [2.24, 2.45) is 5.73 Å². The van der Waals surface area contributed by atoms with Crippen molar-refractivity contribution in [2.75, 3.05) is 6.54 Å². The van der Waals surface area contributed by atoms with Crippen LogP contribution in [0, 0.1) is 0 Å². The smallest absolute Gasteiger partial charge is 0.343 e. The molecule has 96 valence electrons. The van der Waals surface area contributed by atoms with Crippen LogP contribution in [-0.2, 0) is 0 Å². The fourth-order valence-corrected chi connectivity index (χ4v) is 1.59. The number of hydrogen-bond acceptors (Lipinski definition) is 4. The van der Waals surface area contributed by atoms with Crippen molar-refractivity contribution in [1.29, 1.82) is 0 Å². The zero-order chi connectivity index (χ0) is 13.7. The Kier molecular flexibility index (Phi) is 4.05. The minimum atomic E-state index is -0.460. The van der Waals surface area contributed by atoms with E-state index < -0.39 is 5.97 Å². The van der Waals surface area contributed by atoms with E-state index in [2.05, 4.69) is 0 Å². The Morgan fingerprint density at radius 1 is 0.947 bits per heavy atom. The molecule has 2 rings (SSSR count). The quantitative estimate of drug-likeness (QED) is 0.515. The molecule has 0 aliphatic carbocycles. The molecule has 0 aliphatic rings. The molecular formula is C15H13NO3. The molecule has 0 saturated carbocycles. The van der Waals surface area contributed by atoms with Crippen molar-refractivity contribution in [3.05, 3.63) is 65.7 Å². The van der Waals surface area contributed by atoms with E-state index >= 15 is 0 Å². The third-order valence-electron chi connectivity index (χ3n) is 2.56. The topological polar surface area (TPSA) is 69.4 Å². The van der Waals surface area contributed by atoms with Gasteiger partial charge in [-0.1, -0.05) is 30.3 Å². The van der Waals surface area contributed by atoms with Crippen LogP contribution in [0.3, 0.4) is 0 Å². The summed E-state index contributed by atoms with van der Waals surface area (Å²) in [7, 11) is 0. The molecule has 0 aromatic heterocycles. The first-order valence-electron chi connectivity index (χ1n) is 5.81. The highest BCUT2D eigenvalue weighted by Crippen LogP contribution is 2.15. The van der Waals surface area contributed by atoms with E-state index in [-0.39, 0.29) is 12.3 Å². The van der Waals surface area contributed by atoms with Gasteiger partial charge in [-0.2, -0.15) is 0 Å². The van der Waals surface area contributed by atoms with E-state index in [4.69, 9.17) is 10.5 Å². The number of nitrogens with two attached hydrogens (primary N) is 1. The molecule has 4 nitrogen and oxygen atoms in total. The van der Waals surface area contributed by atoms with Gasteiger partial charge >= 0.3 is 5.97 Å². The van der Waals surface area contributed by atoms with Crippen LogP contribution in [0.15, 0.2) is 54.6 Å². The Balaban J connectivity index is 2.16. The van der Waals surface area contributed by atoms with E-state index in [0.29, 0.717) is 16.9 Å². The van der Waals surface area contributed by atoms with Crippen molar-refractivity contribution in [2.45, 2.75) is 0 Å². The molecule has 4 heteroatoms. The zero-order valence-electron chi connectivity index (χ0n) is 10.2. The number of ketones is 1. The van der Waals surface area contributed by atoms with Gasteiger partial charge in [0, 0.05) is 5.56 Å². The maximum absolute atomic E-state index is 11.8.